The maximum absolute atomic E-state index is 12.7. The summed E-state index contributed by atoms with van der Waals surface area (Å²) < 4.78 is 30.1. The standard InChI is InChI=1S/C11H9ClF2N2O2/c1-2-18-11(17)9-6(5-15)3-7(10(13)14)8(4-12)16-9/h3,10H,2,4H2,1H3. The average molecular weight is 275 g/mol. The molecule has 96 valence electrons. The Balaban J connectivity index is 3.36. The summed E-state index contributed by atoms with van der Waals surface area (Å²) in [6.45, 7) is 1.68. The predicted molar refractivity (Wildman–Crippen MR) is 59.4 cm³/mol. The third-order valence-electron chi connectivity index (χ3n) is 2.09. The van der Waals surface area contributed by atoms with Crippen LogP contribution in [0.25, 0.3) is 0 Å². The predicted octanol–water partition coefficient (Wildman–Crippen LogP) is 2.81. The second kappa shape index (κ2) is 6.26. The highest BCUT2D eigenvalue weighted by Gasteiger charge is 2.22. The smallest absolute Gasteiger partial charge is 0.358 e. The molecule has 0 N–H and O–H groups in total. The normalized spacial score (nSPS) is 10.2. The topological polar surface area (TPSA) is 63.0 Å². The molecule has 0 amide bonds. The van der Waals surface area contributed by atoms with Crippen molar-refractivity contribution in [2.45, 2.75) is 19.2 Å². The lowest BCUT2D eigenvalue weighted by molar-refractivity contribution is 0.0518. The lowest BCUT2D eigenvalue weighted by atomic mass is 10.1. The van der Waals surface area contributed by atoms with Crippen LogP contribution in [0.2, 0.25) is 0 Å². The van der Waals surface area contributed by atoms with E-state index in [0.717, 1.165) is 6.07 Å². The van der Waals surface area contributed by atoms with Crippen LogP contribution in [0, 0.1) is 11.3 Å². The summed E-state index contributed by atoms with van der Waals surface area (Å²) in [4.78, 5) is 15.2. The third-order valence-corrected chi connectivity index (χ3v) is 2.34. The van der Waals surface area contributed by atoms with Gasteiger partial charge >= 0.3 is 5.97 Å². The Labute approximate surface area is 107 Å². The Morgan fingerprint density at radius 2 is 2.33 bits per heavy atom. The Morgan fingerprint density at radius 1 is 1.67 bits per heavy atom. The molecule has 1 heterocycles. The van der Waals surface area contributed by atoms with Gasteiger partial charge in [-0.15, -0.1) is 11.6 Å². The number of carbonyl (C=O) groups excluding carboxylic acids is 1. The summed E-state index contributed by atoms with van der Waals surface area (Å²) in [5, 5.41) is 8.83. The lowest BCUT2D eigenvalue weighted by Gasteiger charge is -2.09. The number of nitrogens with zero attached hydrogens (tertiary/aromatic N) is 2. The van der Waals surface area contributed by atoms with Crippen LogP contribution < -0.4 is 0 Å². The maximum Gasteiger partial charge on any atom is 0.358 e. The number of hydrogen-bond donors (Lipinski definition) is 0. The zero-order chi connectivity index (χ0) is 13.7. The molecule has 0 saturated heterocycles. The first-order valence-corrected chi connectivity index (χ1v) is 5.53. The van der Waals surface area contributed by atoms with Crippen LogP contribution in [-0.4, -0.2) is 17.6 Å². The molecule has 7 heteroatoms. The van der Waals surface area contributed by atoms with Crippen molar-refractivity contribution in [3.63, 3.8) is 0 Å². The minimum absolute atomic E-state index is 0.0954. The van der Waals surface area contributed by atoms with Crippen LogP contribution >= 0.6 is 11.6 Å². The van der Waals surface area contributed by atoms with Gasteiger partial charge in [0.15, 0.2) is 5.69 Å². The molecule has 0 aliphatic carbocycles. The number of pyridine rings is 1. The Bertz CT molecular complexity index is 501. The molecule has 0 saturated carbocycles. The van der Waals surface area contributed by atoms with Gasteiger partial charge in [0.05, 0.1) is 23.7 Å². The second-order valence-electron chi connectivity index (χ2n) is 3.19. The zero-order valence-corrected chi connectivity index (χ0v) is 10.2. The fraction of sp³-hybridized carbons (Fsp3) is 0.364. The molecular weight excluding hydrogens is 266 g/mol. The first-order chi connectivity index (χ1) is 8.54. The summed E-state index contributed by atoms with van der Waals surface area (Å²) in [5.41, 5.74) is -1.12. The Morgan fingerprint density at radius 3 is 2.78 bits per heavy atom. The Kier molecular flexibility index (Phi) is 4.98. The van der Waals surface area contributed by atoms with Gasteiger partial charge in [0, 0.05) is 5.56 Å². The van der Waals surface area contributed by atoms with E-state index in [1.807, 2.05) is 0 Å². The molecule has 0 aromatic carbocycles. The SMILES string of the molecule is CCOC(=O)c1nc(CCl)c(C(F)F)cc1C#N. The van der Waals surface area contributed by atoms with Crippen molar-refractivity contribution in [3.8, 4) is 6.07 Å². The molecule has 4 nitrogen and oxygen atoms in total. The molecule has 0 unspecified atom stereocenters. The summed E-state index contributed by atoms with van der Waals surface area (Å²) >= 11 is 5.49. The number of hydrogen-bond acceptors (Lipinski definition) is 4. The highest BCUT2D eigenvalue weighted by Crippen LogP contribution is 2.25. The van der Waals surface area contributed by atoms with Crippen molar-refractivity contribution in [1.29, 1.82) is 5.26 Å². The minimum atomic E-state index is -2.81. The molecule has 18 heavy (non-hydrogen) atoms. The maximum atomic E-state index is 12.7. The minimum Gasteiger partial charge on any atom is -0.461 e. The van der Waals surface area contributed by atoms with Gasteiger partial charge in [0.2, 0.25) is 0 Å². The van der Waals surface area contributed by atoms with E-state index in [1.54, 1.807) is 13.0 Å². The van der Waals surface area contributed by atoms with Gasteiger partial charge in [-0.25, -0.2) is 18.6 Å². The van der Waals surface area contributed by atoms with Crippen molar-refractivity contribution >= 4 is 17.6 Å². The van der Waals surface area contributed by atoms with Gasteiger partial charge < -0.3 is 4.74 Å². The van der Waals surface area contributed by atoms with Crippen LogP contribution in [0.5, 0.6) is 0 Å². The van der Waals surface area contributed by atoms with Gasteiger partial charge in [-0.2, -0.15) is 5.26 Å². The van der Waals surface area contributed by atoms with Crippen LogP contribution in [-0.2, 0) is 10.6 Å². The van der Waals surface area contributed by atoms with Crippen molar-refractivity contribution < 1.29 is 18.3 Å². The average Bonchev–Trinajstić information content (AvgIpc) is 2.37. The summed E-state index contributed by atoms with van der Waals surface area (Å²) in [5.74, 6) is -1.11. The first kappa shape index (κ1) is 14.3. The van der Waals surface area contributed by atoms with E-state index < -0.39 is 18.0 Å². The molecule has 0 bridgehead atoms. The first-order valence-electron chi connectivity index (χ1n) is 5.00. The van der Waals surface area contributed by atoms with Crippen LogP contribution in [0.4, 0.5) is 8.78 Å². The number of carbonyl (C=O) groups is 1. The van der Waals surface area contributed by atoms with E-state index in [0.29, 0.717) is 0 Å². The quantitative estimate of drug-likeness (QED) is 0.625. The van der Waals surface area contributed by atoms with Crippen LogP contribution in [0.1, 0.15) is 40.7 Å². The van der Waals surface area contributed by atoms with E-state index in [-0.39, 0.29) is 29.4 Å². The molecule has 0 radical (unpaired) electrons. The van der Waals surface area contributed by atoms with E-state index in [4.69, 9.17) is 16.9 Å². The summed E-state index contributed by atoms with van der Waals surface area (Å²) in [7, 11) is 0. The van der Waals surface area contributed by atoms with Gasteiger partial charge in [-0.05, 0) is 13.0 Å². The molecule has 0 aliphatic rings. The summed E-state index contributed by atoms with van der Waals surface area (Å²) in [6.07, 6.45) is -2.81. The van der Waals surface area contributed by atoms with Crippen LogP contribution in [0.15, 0.2) is 6.07 Å². The lowest BCUT2D eigenvalue weighted by Crippen LogP contribution is -2.12. The van der Waals surface area contributed by atoms with Crippen molar-refractivity contribution in [2.24, 2.45) is 0 Å². The van der Waals surface area contributed by atoms with Crippen molar-refractivity contribution in [2.75, 3.05) is 6.61 Å². The van der Waals surface area contributed by atoms with Gasteiger partial charge in [-0.1, -0.05) is 0 Å². The largest absolute Gasteiger partial charge is 0.461 e. The second-order valence-corrected chi connectivity index (χ2v) is 3.45. The van der Waals surface area contributed by atoms with E-state index in [1.165, 1.54) is 0 Å². The van der Waals surface area contributed by atoms with Gasteiger partial charge in [0.1, 0.15) is 6.07 Å². The zero-order valence-electron chi connectivity index (χ0n) is 9.41. The highest BCUT2D eigenvalue weighted by molar-refractivity contribution is 6.17. The molecule has 1 aromatic rings. The molecule has 0 aliphatic heterocycles. The van der Waals surface area contributed by atoms with E-state index in [2.05, 4.69) is 9.72 Å². The number of aromatic nitrogens is 1. The van der Waals surface area contributed by atoms with Crippen molar-refractivity contribution in [1.82, 2.24) is 4.98 Å². The number of ether oxygens (including phenoxy) is 1. The third kappa shape index (κ3) is 2.93. The number of esters is 1. The monoisotopic (exact) mass is 274 g/mol. The number of halogens is 3. The van der Waals surface area contributed by atoms with Crippen LogP contribution in [0.3, 0.4) is 0 Å². The highest BCUT2D eigenvalue weighted by atomic mass is 35.5. The van der Waals surface area contributed by atoms with Crippen molar-refractivity contribution in [3.05, 3.63) is 28.6 Å². The molecule has 1 rings (SSSR count). The van der Waals surface area contributed by atoms with E-state index >= 15 is 0 Å². The Hall–Kier alpha value is -1.74. The fourth-order valence-electron chi connectivity index (χ4n) is 1.30. The van der Waals surface area contributed by atoms with Gasteiger partial charge in [0.25, 0.3) is 6.43 Å². The molecule has 0 atom stereocenters. The summed E-state index contributed by atoms with van der Waals surface area (Å²) in [6, 6.07) is 2.56. The van der Waals surface area contributed by atoms with Gasteiger partial charge in [-0.3, -0.25) is 0 Å². The fourth-order valence-corrected chi connectivity index (χ4v) is 1.52. The molecule has 1 aromatic heterocycles. The number of nitriles is 1. The molecule has 0 spiro atoms. The number of alkyl halides is 3. The molecular formula is C11H9ClF2N2O2. The van der Waals surface area contributed by atoms with E-state index in [9.17, 15) is 13.6 Å². The number of rotatable bonds is 4. The molecule has 0 fully saturated rings.